The van der Waals surface area contributed by atoms with Crippen LogP contribution in [0.4, 0.5) is 0 Å². The van der Waals surface area contributed by atoms with Crippen LogP contribution in [-0.4, -0.2) is 11.0 Å². The number of benzene rings is 1. The van der Waals surface area contributed by atoms with Crippen LogP contribution in [0, 0.1) is 12.8 Å². The van der Waals surface area contributed by atoms with Crippen LogP contribution in [0.25, 0.3) is 10.9 Å². The van der Waals surface area contributed by atoms with Gasteiger partial charge in [0.15, 0.2) is 0 Å². The summed E-state index contributed by atoms with van der Waals surface area (Å²) in [5, 5.41) is 1.41. The lowest BCUT2D eigenvalue weighted by molar-refractivity contribution is 0.325. The highest BCUT2D eigenvalue weighted by atomic mass is 14.7. The number of rotatable bonds is 2. The van der Waals surface area contributed by atoms with Gasteiger partial charge in [-0.05, 0) is 56.6 Å². The van der Waals surface area contributed by atoms with Crippen molar-refractivity contribution >= 4 is 10.9 Å². The van der Waals surface area contributed by atoms with Crippen LogP contribution in [0.3, 0.4) is 0 Å². The molecule has 1 saturated carbocycles. The largest absolute Gasteiger partial charge is 0.358 e. The number of H-pyrrole nitrogens is 1. The van der Waals surface area contributed by atoms with E-state index in [1.165, 1.54) is 54.3 Å². The van der Waals surface area contributed by atoms with Gasteiger partial charge in [-0.2, -0.15) is 0 Å². The molecule has 3 N–H and O–H groups in total. The van der Waals surface area contributed by atoms with Gasteiger partial charge in [0.1, 0.15) is 0 Å². The van der Waals surface area contributed by atoms with Crippen LogP contribution in [0.5, 0.6) is 0 Å². The first-order valence-corrected chi connectivity index (χ1v) is 7.06. The Labute approximate surface area is 109 Å². The second kappa shape index (κ2) is 4.77. The standard InChI is InChI=1S/C16H22N2/c1-11-15(10-12-6-8-13(17)9-7-12)14-4-2-3-5-16(14)18-11/h2-5,12-13,18H,6-10,17H2,1H3. The number of aryl methyl sites for hydroxylation is 1. The third-order valence-electron chi connectivity index (χ3n) is 4.41. The van der Waals surface area contributed by atoms with Crippen LogP contribution >= 0.6 is 0 Å². The fraction of sp³-hybridized carbons (Fsp3) is 0.500. The minimum Gasteiger partial charge on any atom is -0.358 e. The summed E-state index contributed by atoms with van der Waals surface area (Å²) in [6, 6.07) is 9.09. The van der Waals surface area contributed by atoms with E-state index in [2.05, 4.69) is 36.2 Å². The van der Waals surface area contributed by atoms with Crippen LogP contribution in [0.2, 0.25) is 0 Å². The van der Waals surface area contributed by atoms with Crippen LogP contribution < -0.4 is 5.73 Å². The number of aromatic amines is 1. The van der Waals surface area contributed by atoms with Gasteiger partial charge in [-0.1, -0.05) is 18.2 Å². The second-order valence-corrected chi connectivity index (χ2v) is 5.76. The molecule has 2 aromatic rings. The number of hydrogen-bond donors (Lipinski definition) is 2. The number of aromatic nitrogens is 1. The molecule has 0 saturated heterocycles. The van der Waals surface area contributed by atoms with Crippen molar-refractivity contribution in [3.63, 3.8) is 0 Å². The molecular formula is C16H22N2. The Morgan fingerprint density at radius 2 is 1.89 bits per heavy atom. The van der Waals surface area contributed by atoms with Crippen molar-refractivity contribution in [2.24, 2.45) is 11.7 Å². The molecule has 1 aliphatic rings. The van der Waals surface area contributed by atoms with E-state index in [4.69, 9.17) is 5.73 Å². The molecule has 0 unspecified atom stereocenters. The predicted octanol–water partition coefficient (Wildman–Crippen LogP) is 3.54. The van der Waals surface area contributed by atoms with Crippen molar-refractivity contribution in [2.75, 3.05) is 0 Å². The average Bonchev–Trinajstić information content (AvgIpc) is 2.69. The molecular weight excluding hydrogens is 220 g/mol. The number of hydrogen-bond acceptors (Lipinski definition) is 1. The van der Waals surface area contributed by atoms with E-state index in [1.54, 1.807) is 0 Å². The van der Waals surface area contributed by atoms with E-state index in [1.807, 2.05) is 0 Å². The molecule has 2 nitrogen and oxygen atoms in total. The Morgan fingerprint density at radius 3 is 2.67 bits per heavy atom. The first kappa shape index (κ1) is 11.8. The molecule has 18 heavy (non-hydrogen) atoms. The van der Waals surface area contributed by atoms with Gasteiger partial charge in [0.05, 0.1) is 0 Å². The van der Waals surface area contributed by atoms with Gasteiger partial charge in [-0.25, -0.2) is 0 Å². The highest BCUT2D eigenvalue weighted by molar-refractivity contribution is 5.84. The summed E-state index contributed by atoms with van der Waals surface area (Å²) in [6.45, 7) is 2.20. The van der Waals surface area contributed by atoms with Gasteiger partial charge in [0, 0.05) is 22.6 Å². The average molecular weight is 242 g/mol. The third kappa shape index (κ3) is 2.17. The van der Waals surface area contributed by atoms with E-state index < -0.39 is 0 Å². The summed E-state index contributed by atoms with van der Waals surface area (Å²) >= 11 is 0. The van der Waals surface area contributed by atoms with Gasteiger partial charge >= 0.3 is 0 Å². The van der Waals surface area contributed by atoms with E-state index >= 15 is 0 Å². The first-order chi connectivity index (χ1) is 8.74. The quantitative estimate of drug-likeness (QED) is 0.831. The molecule has 0 atom stereocenters. The summed E-state index contributed by atoms with van der Waals surface area (Å²) in [6.07, 6.45) is 6.20. The molecule has 3 rings (SSSR count). The SMILES string of the molecule is Cc1[nH]c2ccccc2c1CC1CCC(N)CC1. The van der Waals surface area contributed by atoms with Crippen molar-refractivity contribution in [3.8, 4) is 0 Å². The fourth-order valence-electron chi connectivity index (χ4n) is 3.28. The molecule has 0 amide bonds. The Hall–Kier alpha value is -1.28. The van der Waals surface area contributed by atoms with Crippen molar-refractivity contribution in [2.45, 2.75) is 45.1 Å². The van der Waals surface area contributed by atoms with Crippen LogP contribution in [-0.2, 0) is 6.42 Å². The highest BCUT2D eigenvalue weighted by Gasteiger charge is 2.20. The highest BCUT2D eigenvalue weighted by Crippen LogP contribution is 2.30. The van der Waals surface area contributed by atoms with Crippen LogP contribution in [0.1, 0.15) is 36.9 Å². The third-order valence-corrected chi connectivity index (χ3v) is 4.41. The van der Waals surface area contributed by atoms with Gasteiger partial charge < -0.3 is 10.7 Å². The molecule has 1 aromatic carbocycles. The van der Waals surface area contributed by atoms with Crippen molar-refractivity contribution in [1.82, 2.24) is 4.98 Å². The lowest BCUT2D eigenvalue weighted by atomic mass is 9.82. The summed E-state index contributed by atoms with van der Waals surface area (Å²) in [5.74, 6) is 0.822. The zero-order valence-corrected chi connectivity index (χ0v) is 11.1. The predicted molar refractivity (Wildman–Crippen MR) is 76.7 cm³/mol. The molecule has 0 bridgehead atoms. The number of nitrogens with two attached hydrogens (primary N) is 1. The van der Waals surface area contributed by atoms with Crippen molar-refractivity contribution < 1.29 is 0 Å². The van der Waals surface area contributed by atoms with Crippen molar-refractivity contribution in [1.29, 1.82) is 0 Å². The second-order valence-electron chi connectivity index (χ2n) is 5.76. The Morgan fingerprint density at radius 1 is 1.17 bits per heavy atom. The van der Waals surface area contributed by atoms with Gasteiger partial charge in [-0.3, -0.25) is 0 Å². The molecule has 1 aliphatic carbocycles. The summed E-state index contributed by atoms with van der Waals surface area (Å²) in [5.41, 5.74) is 10.1. The van der Waals surface area contributed by atoms with Gasteiger partial charge in [0.25, 0.3) is 0 Å². The Bertz CT molecular complexity index is 533. The maximum Gasteiger partial charge on any atom is 0.0458 e. The molecule has 0 radical (unpaired) electrons. The Kier molecular flexibility index (Phi) is 3.13. The lowest BCUT2D eigenvalue weighted by Crippen LogP contribution is -2.27. The van der Waals surface area contributed by atoms with Crippen LogP contribution in [0.15, 0.2) is 24.3 Å². The maximum atomic E-state index is 5.98. The number of nitrogens with one attached hydrogen (secondary N) is 1. The minimum atomic E-state index is 0.449. The zero-order valence-electron chi connectivity index (χ0n) is 11.1. The smallest absolute Gasteiger partial charge is 0.0458 e. The summed E-state index contributed by atoms with van der Waals surface area (Å²) in [4.78, 5) is 3.50. The molecule has 0 aliphatic heterocycles. The lowest BCUT2D eigenvalue weighted by Gasteiger charge is -2.26. The first-order valence-electron chi connectivity index (χ1n) is 7.06. The number of para-hydroxylation sites is 1. The Balaban J connectivity index is 1.84. The van der Waals surface area contributed by atoms with Crippen molar-refractivity contribution in [3.05, 3.63) is 35.5 Å². The summed E-state index contributed by atoms with van der Waals surface area (Å²) in [7, 11) is 0. The van der Waals surface area contributed by atoms with Gasteiger partial charge in [0.2, 0.25) is 0 Å². The molecule has 1 heterocycles. The molecule has 96 valence electrons. The van der Waals surface area contributed by atoms with E-state index in [-0.39, 0.29) is 0 Å². The van der Waals surface area contributed by atoms with E-state index in [0.29, 0.717) is 6.04 Å². The monoisotopic (exact) mass is 242 g/mol. The molecule has 2 heteroatoms. The minimum absolute atomic E-state index is 0.449. The molecule has 1 fully saturated rings. The normalized spacial score (nSPS) is 24.6. The van der Waals surface area contributed by atoms with E-state index in [9.17, 15) is 0 Å². The topological polar surface area (TPSA) is 41.8 Å². The molecule has 0 spiro atoms. The summed E-state index contributed by atoms with van der Waals surface area (Å²) < 4.78 is 0. The number of fused-ring (bicyclic) bond motifs is 1. The maximum absolute atomic E-state index is 5.98. The zero-order chi connectivity index (χ0) is 12.5. The molecule has 1 aromatic heterocycles. The van der Waals surface area contributed by atoms with Gasteiger partial charge in [-0.15, -0.1) is 0 Å². The fourth-order valence-corrected chi connectivity index (χ4v) is 3.28. The van der Waals surface area contributed by atoms with E-state index in [0.717, 1.165) is 5.92 Å².